The molecule has 1 heterocycles. The number of fused-ring (bicyclic) bond motifs is 1. The van der Waals surface area contributed by atoms with Crippen LogP contribution in [0.3, 0.4) is 0 Å². The summed E-state index contributed by atoms with van der Waals surface area (Å²) in [6, 6.07) is 11.2. The van der Waals surface area contributed by atoms with Crippen LogP contribution in [0.15, 0.2) is 49.1 Å². The summed E-state index contributed by atoms with van der Waals surface area (Å²) in [4.78, 5) is 36.2. The molecule has 0 saturated heterocycles. The van der Waals surface area contributed by atoms with Gasteiger partial charge >= 0.3 is 5.97 Å². The Bertz CT molecular complexity index is 1060. The van der Waals surface area contributed by atoms with Crippen LogP contribution in [0.4, 0.5) is 0 Å². The monoisotopic (exact) mass is 475 g/mol. The molecule has 1 aliphatic rings. The van der Waals surface area contributed by atoms with Gasteiger partial charge in [-0.15, -0.1) is 6.58 Å². The minimum atomic E-state index is -0.459. The Hall–Kier alpha value is -3.21. The van der Waals surface area contributed by atoms with Crippen LogP contribution in [-0.4, -0.2) is 17.8 Å². The summed E-state index contributed by atoms with van der Waals surface area (Å²) in [6.45, 7) is 6.06. The number of allylic oxidation sites excluding steroid dienone is 1. The first kappa shape index (κ1) is 26.4. The SMILES string of the molecule is C=CCCCCCCCCCCc1ccc(COC(=O)Cc2cccc3c2C(=O)NC3=O)cc1C. The van der Waals surface area contributed by atoms with E-state index in [9.17, 15) is 14.4 Å². The van der Waals surface area contributed by atoms with Crippen molar-refractivity contribution < 1.29 is 19.1 Å². The number of carbonyl (C=O) groups is 3. The first-order chi connectivity index (χ1) is 17.0. The van der Waals surface area contributed by atoms with Gasteiger partial charge in [-0.3, -0.25) is 19.7 Å². The summed E-state index contributed by atoms with van der Waals surface area (Å²) in [5.41, 5.74) is 4.61. The summed E-state index contributed by atoms with van der Waals surface area (Å²) in [5, 5.41) is 2.27. The third-order valence-corrected chi connectivity index (χ3v) is 6.60. The van der Waals surface area contributed by atoms with E-state index in [1.54, 1.807) is 18.2 Å². The van der Waals surface area contributed by atoms with E-state index in [0.717, 1.165) is 18.4 Å². The number of hydrogen-bond acceptors (Lipinski definition) is 4. The number of benzene rings is 2. The van der Waals surface area contributed by atoms with Crippen LogP contribution in [-0.2, 0) is 29.0 Å². The van der Waals surface area contributed by atoms with Gasteiger partial charge in [-0.1, -0.05) is 74.9 Å². The van der Waals surface area contributed by atoms with Crippen molar-refractivity contribution >= 4 is 17.8 Å². The lowest BCUT2D eigenvalue weighted by Crippen LogP contribution is -2.20. The van der Waals surface area contributed by atoms with Crippen molar-refractivity contribution in [2.24, 2.45) is 0 Å². The molecule has 0 aliphatic carbocycles. The maximum Gasteiger partial charge on any atom is 0.310 e. The number of rotatable bonds is 15. The average Bonchev–Trinajstić information content (AvgIpc) is 3.14. The Morgan fingerprint density at radius 1 is 0.914 bits per heavy atom. The van der Waals surface area contributed by atoms with E-state index >= 15 is 0 Å². The Morgan fingerprint density at radius 2 is 1.63 bits per heavy atom. The van der Waals surface area contributed by atoms with Crippen LogP contribution in [0.2, 0.25) is 0 Å². The van der Waals surface area contributed by atoms with E-state index in [1.807, 2.05) is 12.1 Å². The van der Waals surface area contributed by atoms with Crippen LogP contribution in [0.1, 0.15) is 101 Å². The fourth-order valence-corrected chi connectivity index (χ4v) is 4.60. The molecule has 0 aromatic heterocycles. The number of unbranched alkanes of at least 4 members (excludes halogenated alkanes) is 8. The molecule has 186 valence electrons. The second-order valence-corrected chi connectivity index (χ2v) is 9.38. The van der Waals surface area contributed by atoms with Gasteiger partial charge in [-0.25, -0.2) is 0 Å². The van der Waals surface area contributed by atoms with Crippen molar-refractivity contribution in [3.8, 4) is 0 Å². The van der Waals surface area contributed by atoms with E-state index in [2.05, 4.69) is 31.0 Å². The summed E-state index contributed by atoms with van der Waals surface area (Å²) >= 11 is 0. The molecule has 0 atom stereocenters. The van der Waals surface area contributed by atoms with Gasteiger partial charge in [-0.05, 0) is 60.9 Å². The number of esters is 1. The number of carbonyl (C=O) groups excluding carboxylic acids is 3. The molecule has 3 rings (SSSR count). The number of hydrogen-bond donors (Lipinski definition) is 1. The predicted molar refractivity (Wildman–Crippen MR) is 138 cm³/mol. The lowest BCUT2D eigenvalue weighted by Gasteiger charge is -2.10. The Kier molecular flexibility index (Phi) is 10.3. The number of imide groups is 1. The van der Waals surface area contributed by atoms with Gasteiger partial charge < -0.3 is 4.74 Å². The zero-order valence-corrected chi connectivity index (χ0v) is 20.9. The molecule has 2 amide bonds. The third kappa shape index (κ3) is 7.91. The first-order valence-corrected chi connectivity index (χ1v) is 12.8. The van der Waals surface area contributed by atoms with E-state index in [0.29, 0.717) is 11.1 Å². The fraction of sp³-hybridized carbons (Fsp3) is 0.433. The summed E-state index contributed by atoms with van der Waals surface area (Å²) in [7, 11) is 0. The van der Waals surface area contributed by atoms with Crippen molar-refractivity contribution in [1.29, 1.82) is 0 Å². The van der Waals surface area contributed by atoms with Gasteiger partial charge in [0, 0.05) is 0 Å². The topological polar surface area (TPSA) is 72.5 Å². The highest BCUT2D eigenvalue weighted by atomic mass is 16.5. The standard InChI is InChI=1S/C30H37NO4/c1-3-4-5-6-7-8-9-10-11-12-14-24-18-17-23(19-22(24)2)21-35-27(32)20-25-15-13-16-26-28(25)30(34)31-29(26)33/h3,13,15-19H,1,4-12,14,20-21H2,2H3,(H,31,33,34). The lowest BCUT2D eigenvalue weighted by molar-refractivity contribution is -0.144. The first-order valence-electron chi connectivity index (χ1n) is 12.8. The Balaban J connectivity index is 1.37. The third-order valence-electron chi connectivity index (χ3n) is 6.60. The van der Waals surface area contributed by atoms with Crippen molar-refractivity contribution in [3.63, 3.8) is 0 Å². The second-order valence-electron chi connectivity index (χ2n) is 9.38. The molecular weight excluding hydrogens is 438 g/mol. The molecule has 1 N–H and O–H groups in total. The van der Waals surface area contributed by atoms with Crippen LogP contribution in [0.25, 0.3) is 0 Å². The van der Waals surface area contributed by atoms with Gasteiger partial charge in [0.2, 0.25) is 0 Å². The molecule has 0 radical (unpaired) electrons. The van der Waals surface area contributed by atoms with Crippen LogP contribution >= 0.6 is 0 Å². The molecule has 2 aromatic rings. The van der Waals surface area contributed by atoms with Crippen molar-refractivity contribution in [1.82, 2.24) is 5.32 Å². The van der Waals surface area contributed by atoms with E-state index < -0.39 is 17.8 Å². The van der Waals surface area contributed by atoms with Gasteiger partial charge in [0.25, 0.3) is 11.8 Å². The largest absolute Gasteiger partial charge is 0.461 e. The van der Waals surface area contributed by atoms with Crippen molar-refractivity contribution in [2.45, 2.75) is 84.2 Å². The van der Waals surface area contributed by atoms with Crippen LogP contribution in [0.5, 0.6) is 0 Å². The van der Waals surface area contributed by atoms with Crippen LogP contribution in [0, 0.1) is 6.92 Å². The molecule has 0 fully saturated rings. The predicted octanol–water partition coefficient (Wildman–Crippen LogP) is 6.40. The fourth-order valence-electron chi connectivity index (χ4n) is 4.60. The maximum absolute atomic E-state index is 12.4. The molecule has 1 aliphatic heterocycles. The molecule has 0 unspecified atom stereocenters. The number of amides is 2. The molecule has 0 spiro atoms. The van der Waals surface area contributed by atoms with E-state index in [1.165, 1.54) is 62.5 Å². The zero-order chi connectivity index (χ0) is 25.0. The van der Waals surface area contributed by atoms with Gasteiger partial charge in [-0.2, -0.15) is 0 Å². The normalized spacial score (nSPS) is 12.4. The number of aryl methyl sites for hydroxylation is 2. The van der Waals surface area contributed by atoms with E-state index in [4.69, 9.17) is 4.74 Å². The van der Waals surface area contributed by atoms with Gasteiger partial charge in [0.15, 0.2) is 0 Å². The smallest absolute Gasteiger partial charge is 0.310 e. The summed E-state index contributed by atoms with van der Waals surface area (Å²) in [5.74, 6) is -1.31. The minimum absolute atomic E-state index is 0.0459. The second kappa shape index (κ2) is 13.6. The number of ether oxygens (including phenoxy) is 1. The molecular formula is C30H37NO4. The van der Waals surface area contributed by atoms with Crippen molar-refractivity contribution in [3.05, 3.63) is 82.4 Å². The molecule has 35 heavy (non-hydrogen) atoms. The van der Waals surface area contributed by atoms with Gasteiger partial charge in [0.05, 0.1) is 17.5 Å². The zero-order valence-electron chi connectivity index (χ0n) is 20.9. The minimum Gasteiger partial charge on any atom is -0.461 e. The highest BCUT2D eigenvalue weighted by molar-refractivity contribution is 6.22. The maximum atomic E-state index is 12.4. The summed E-state index contributed by atoms with van der Waals surface area (Å²) in [6.07, 6.45) is 14.5. The Morgan fingerprint density at radius 3 is 2.34 bits per heavy atom. The van der Waals surface area contributed by atoms with E-state index in [-0.39, 0.29) is 18.6 Å². The highest BCUT2D eigenvalue weighted by Gasteiger charge is 2.29. The Labute approximate surface area is 209 Å². The average molecular weight is 476 g/mol. The lowest BCUT2D eigenvalue weighted by atomic mass is 9.99. The highest BCUT2D eigenvalue weighted by Crippen LogP contribution is 2.21. The van der Waals surface area contributed by atoms with Gasteiger partial charge in [0.1, 0.15) is 6.61 Å². The summed E-state index contributed by atoms with van der Waals surface area (Å²) < 4.78 is 5.46. The molecule has 5 heteroatoms. The number of nitrogens with one attached hydrogen (secondary N) is 1. The van der Waals surface area contributed by atoms with Crippen LogP contribution < -0.4 is 5.32 Å². The molecule has 2 aromatic carbocycles. The quantitative estimate of drug-likeness (QED) is 0.140. The van der Waals surface area contributed by atoms with Crippen molar-refractivity contribution in [2.75, 3.05) is 0 Å². The molecule has 5 nitrogen and oxygen atoms in total. The molecule has 0 bridgehead atoms. The molecule has 0 saturated carbocycles.